The van der Waals surface area contributed by atoms with Crippen LogP contribution < -0.4 is 9.62 Å². The fraction of sp³-hybridized carbons (Fsp3) is 0.684. The summed E-state index contributed by atoms with van der Waals surface area (Å²) in [6, 6.07) is 6.93. The van der Waals surface area contributed by atoms with Crippen LogP contribution in [-0.2, 0) is 10.0 Å². The van der Waals surface area contributed by atoms with Crippen LogP contribution in [0.25, 0.3) is 0 Å². The van der Waals surface area contributed by atoms with Crippen molar-refractivity contribution in [1.82, 2.24) is 4.72 Å². The Balaban J connectivity index is 1.79. The lowest BCUT2D eigenvalue weighted by Crippen LogP contribution is -2.34. The summed E-state index contributed by atoms with van der Waals surface area (Å²) in [4.78, 5) is 2.47. The summed E-state index contributed by atoms with van der Waals surface area (Å²) in [5.74, 6) is 0. The zero-order valence-electron chi connectivity index (χ0n) is 15.3. The molecular formula is C19H32N2O3S. The fourth-order valence-electron chi connectivity index (χ4n) is 3.24. The van der Waals surface area contributed by atoms with Crippen LogP contribution in [0.15, 0.2) is 29.2 Å². The maximum atomic E-state index is 12.4. The molecule has 1 aliphatic heterocycles. The molecular weight excluding hydrogens is 336 g/mol. The normalized spacial score (nSPS) is 16.3. The highest BCUT2D eigenvalue weighted by Gasteiger charge is 2.19. The van der Waals surface area contributed by atoms with Crippen LogP contribution in [-0.4, -0.2) is 32.8 Å². The number of benzene rings is 1. The minimum Gasteiger partial charge on any atom is -0.378 e. The van der Waals surface area contributed by atoms with Crippen molar-refractivity contribution < 1.29 is 13.5 Å². The third-order valence-corrected chi connectivity index (χ3v) is 6.22. The SMILES string of the molecule is CCCCCCCCC(O)NS(=O)(=O)c1ccc(N2CCCC2)cc1. The molecule has 1 fully saturated rings. The van der Waals surface area contributed by atoms with Crippen molar-refractivity contribution in [1.29, 1.82) is 0 Å². The fourth-order valence-corrected chi connectivity index (χ4v) is 4.34. The summed E-state index contributed by atoms with van der Waals surface area (Å²) in [5, 5.41) is 9.98. The number of sulfonamides is 1. The number of aliphatic hydroxyl groups excluding tert-OH is 1. The maximum absolute atomic E-state index is 12.4. The minimum atomic E-state index is -3.67. The zero-order valence-corrected chi connectivity index (χ0v) is 16.1. The van der Waals surface area contributed by atoms with Gasteiger partial charge in [0.1, 0.15) is 6.23 Å². The van der Waals surface area contributed by atoms with Crippen LogP contribution in [0.3, 0.4) is 0 Å². The topological polar surface area (TPSA) is 69.6 Å². The Bertz CT molecular complexity index is 596. The molecule has 0 saturated carbocycles. The molecule has 2 N–H and O–H groups in total. The van der Waals surface area contributed by atoms with Crippen LogP contribution in [0.4, 0.5) is 5.69 Å². The molecule has 1 aromatic carbocycles. The van der Waals surface area contributed by atoms with Crippen molar-refractivity contribution in [2.75, 3.05) is 18.0 Å². The van der Waals surface area contributed by atoms with Crippen LogP contribution in [0, 0.1) is 0 Å². The lowest BCUT2D eigenvalue weighted by Gasteiger charge is -2.18. The Morgan fingerprint density at radius 2 is 1.64 bits per heavy atom. The van der Waals surface area contributed by atoms with Gasteiger partial charge in [-0.15, -0.1) is 0 Å². The van der Waals surface area contributed by atoms with Gasteiger partial charge >= 0.3 is 0 Å². The van der Waals surface area contributed by atoms with Crippen molar-refractivity contribution in [2.45, 2.75) is 75.8 Å². The summed E-state index contributed by atoms with van der Waals surface area (Å²) >= 11 is 0. The van der Waals surface area contributed by atoms with Crippen molar-refractivity contribution >= 4 is 15.7 Å². The second kappa shape index (κ2) is 10.1. The van der Waals surface area contributed by atoms with Gasteiger partial charge in [0, 0.05) is 18.8 Å². The van der Waals surface area contributed by atoms with Gasteiger partial charge in [-0.2, -0.15) is 4.72 Å². The predicted molar refractivity (Wildman–Crippen MR) is 102 cm³/mol. The summed E-state index contributed by atoms with van der Waals surface area (Å²) in [6.07, 6.45) is 8.48. The van der Waals surface area contributed by atoms with Crippen molar-refractivity contribution in [2.24, 2.45) is 0 Å². The predicted octanol–water partition coefficient (Wildman–Crippen LogP) is 3.63. The zero-order chi connectivity index (χ0) is 18.1. The number of anilines is 1. The van der Waals surface area contributed by atoms with Gasteiger partial charge in [-0.1, -0.05) is 39.0 Å². The highest BCUT2D eigenvalue weighted by atomic mass is 32.2. The van der Waals surface area contributed by atoms with E-state index in [0.29, 0.717) is 6.42 Å². The smallest absolute Gasteiger partial charge is 0.242 e. The van der Waals surface area contributed by atoms with E-state index in [0.717, 1.165) is 38.0 Å². The first-order valence-electron chi connectivity index (χ1n) is 9.58. The molecule has 1 aliphatic rings. The van der Waals surface area contributed by atoms with E-state index in [1.54, 1.807) is 12.1 Å². The molecule has 1 heterocycles. The number of unbranched alkanes of at least 4 members (excludes halogenated alkanes) is 5. The summed E-state index contributed by atoms with van der Waals surface area (Å²) in [6.45, 7) is 4.23. The quantitative estimate of drug-likeness (QED) is 0.462. The molecule has 2 rings (SSSR count). The highest BCUT2D eigenvalue weighted by molar-refractivity contribution is 7.89. The second-order valence-electron chi connectivity index (χ2n) is 6.88. The van der Waals surface area contributed by atoms with Gasteiger partial charge in [0.05, 0.1) is 4.90 Å². The van der Waals surface area contributed by atoms with E-state index in [1.807, 2.05) is 12.1 Å². The third-order valence-electron chi connectivity index (χ3n) is 4.74. The van der Waals surface area contributed by atoms with E-state index in [9.17, 15) is 13.5 Å². The van der Waals surface area contributed by atoms with Gasteiger partial charge in [-0.3, -0.25) is 0 Å². The van der Waals surface area contributed by atoms with Crippen molar-refractivity contribution in [3.05, 3.63) is 24.3 Å². The molecule has 142 valence electrons. The summed E-state index contributed by atoms with van der Waals surface area (Å²) < 4.78 is 27.1. The van der Waals surface area contributed by atoms with Crippen LogP contribution in [0.1, 0.15) is 64.7 Å². The molecule has 0 aromatic heterocycles. The number of nitrogens with one attached hydrogen (secondary N) is 1. The van der Waals surface area contributed by atoms with Crippen LogP contribution in [0.2, 0.25) is 0 Å². The van der Waals surface area contributed by atoms with Gasteiger partial charge in [0.15, 0.2) is 0 Å². The number of hydrogen-bond acceptors (Lipinski definition) is 4. The Hall–Kier alpha value is -1.11. The van der Waals surface area contributed by atoms with E-state index >= 15 is 0 Å². The molecule has 5 nitrogen and oxygen atoms in total. The summed E-state index contributed by atoms with van der Waals surface area (Å²) in [7, 11) is -3.67. The standard InChI is InChI=1S/C19H32N2O3S/c1-2-3-4-5-6-7-10-19(22)20-25(23,24)18-13-11-17(12-14-18)21-15-8-9-16-21/h11-14,19-20,22H,2-10,15-16H2,1H3. The van der Waals surface area contributed by atoms with Crippen molar-refractivity contribution in [3.8, 4) is 0 Å². The first kappa shape index (κ1) is 20.2. The monoisotopic (exact) mass is 368 g/mol. The average Bonchev–Trinajstić information content (AvgIpc) is 3.12. The Labute approximate surface area is 152 Å². The van der Waals surface area contributed by atoms with E-state index in [4.69, 9.17) is 0 Å². The Morgan fingerprint density at radius 3 is 2.28 bits per heavy atom. The molecule has 1 aromatic rings. The van der Waals surface area contributed by atoms with E-state index in [1.165, 1.54) is 32.1 Å². The molecule has 1 atom stereocenters. The molecule has 6 heteroatoms. The molecule has 0 spiro atoms. The molecule has 25 heavy (non-hydrogen) atoms. The molecule has 0 radical (unpaired) electrons. The highest BCUT2D eigenvalue weighted by Crippen LogP contribution is 2.22. The number of hydrogen-bond donors (Lipinski definition) is 2. The van der Waals surface area contributed by atoms with Gasteiger partial charge in [-0.25, -0.2) is 8.42 Å². The lowest BCUT2D eigenvalue weighted by atomic mass is 10.1. The Kier molecular flexibility index (Phi) is 8.19. The van der Waals surface area contributed by atoms with Crippen LogP contribution in [0.5, 0.6) is 0 Å². The van der Waals surface area contributed by atoms with E-state index in [2.05, 4.69) is 16.5 Å². The molecule has 0 amide bonds. The van der Waals surface area contributed by atoms with E-state index < -0.39 is 16.3 Å². The van der Waals surface area contributed by atoms with Gasteiger partial charge in [-0.05, 0) is 49.9 Å². The second-order valence-corrected chi connectivity index (χ2v) is 8.60. The Morgan fingerprint density at radius 1 is 1.04 bits per heavy atom. The molecule has 1 saturated heterocycles. The van der Waals surface area contributed by atoms with Gasteiger partial charge in [0.25, 0.3) is 0 Å². The first-order valence-corrected chi connectivity index (χ1v) is 11.1. The average molecular weight is 369 g/mol. The van der Waals surface area contributed by atoms with Gasteiger partial charge < -0.3 is 10.0 Å². The molecule has 1 unspecified atom stereocenters. The van der Waals surface area contributed by atoms with Crippen molar-refractivity contribution in [3.63, 3.8) is 0 Å². The minimum absolute atomic E-state index is 0.206. The lowest BCUT2D eigenvalue weighted by molar-refractivity contribution is 0.149. The number of nitrogens with zero attached hydrogens (tertiary/aromatic N) is 1. The molecule has 0 bridgehead atoms. The summed E-state index contributed by atoms with van der Waals surface area (Å²) in [5.41, 5.74) is 1.06. The van der Waals surface area contributed by atoms with Crippen LogP contribution >= 0.6 is 0 Å². The largest absolute Gasteiger partial charge is 0.378 e. The first-order chi connectivity index (χ1) is 12.0. The molecule has 0 aliphatic carbocycles. The number of rotatable bonds is 11. The number of aliphatic hydroxyl groups is 1. The van der Waals surface area contributed by atoms with Gasteiger partial charge in [0.2, 0.25) is 10.0 Å². The third kappa shape index (κ3) is 6.60. The maximum Gasteiger partial charge on any atom is 0.242 e. The van der Waals surface area contributed by atoms with E-state index in [-0.39, 0.29) is 4.90 Å².